The van der Waals surface area contributed by atoms with Gasteiger partial charge in [0, 0.05) is 57.9 Å². The van der Waals surface area contributed by atoms with Crippen molar-refractivity contribution in [2.75, 3.05) is 32.1 Å². The van der Waals surface area contributed by atoms with E-state index in [1.54, 1.807) is 0 Å². The Balaban J connectivity index is 1.70. The fourth-order valence-corrected chi connectivity index (χ4v) is 3.52. The molecule has 3 rings (SSSR count). The molecule has 0 aromatic heterocycles. The van der Waals surface area contributed by atoms with E-state index in [0.717, 1.165) is 29.8 Å². The Kier molecular flexibility index (Phi) is 6.34. The third-order valence-corrected chi connectivity index (χ3v) is 5.21. The highest BCUT2D eigenvalue weighted by Crippen LogP contribution is 2.18. The Hall–Kier alpha value is -2.82. The predicted molar refractivity (Wildman–Crippen MR) is 112 cm³/mol. The first-order chi connectivity index (χ1) is 13.5. The van der Waals surface area contributed by atoms with Gasteiger partial charge in [0.1, 0.15) is 0 Å². The minimum atomic E-state index is 0.0220. The Morgan fingerprint density at radius 1 is 1.07 bits per heavy atom. The second-order valence-electron chi connectivity index (χ2n) is 7.50. The number of rotatable bonds is 7. The van der Waals surface area contributed by atoms with Crippen LogP contribution in [0.4, 0.5) is 5.69 Å². The van der Waals surface area contributed by atoms with Gasteiger partial charge in [0.05, 0.1) is 0 Å². The van der Waals surface area contributed by atoms with Crippen LogP contribution in [0.2, 0.25) is 0 Å². The fraction of sp³-hybridized carbons (Fsp3) is 0.391. The van der Waals surface area contributed by atoms with Crippen molar-refractivity contribution in [3.05, 3.63) is 65.2 Å². The lowest BCUT2D eigenvalue weighted by molar-refractivity contribution is -0.128. The van der Waals surface area contributed by atoms with Gasteiger partial charge in [-0.25, -0.2) is 0 Å². The van der Waals surface area contributed by atoms with Crippen LogP contribution in [0, 0.1) is 0 Å². The molecular formula is C23H29N3O2. The molecule has 0 spiro atoms. The van der Waals surface area contributed by atoms with Gasteiger partial charge in [-0.2, -0.15) is 0 Å². The van der Waals surface area contributed by atoms with E-state index >= 15 is 0 Å². The molecule has 0 saturated carbocycles. The molecule has 0 bridgehead atoms. The second kappa shape index (κ2) is 8.91. The predicted octanol–water partition coefficient (Wildman–Crippen LogP) is 3.54. The molecule has 0 N–H and O–H groups in total. The number of anilines is 1. The van der Waals surface area contributed by atoms with Gasteiger partial charge < -0.3 is 14.7 Å². The van der Waals surface area contributed by atoms with E-state index in [1.165, 1.54) is 0 Å². The molecule has 148 valence electrons. The number of hydrogen-bond acceptors (Lipinski definition) is 3. The van der Waals surface area contributed by atoms with Crippen molar-refractivity contribution < 1.29 is 9.59 Å². The maximum absolute atomic E-state index is 13.0. The molecule has 5 heteroatoms. The molecule has 0 radical (unpaired) electrons. The summed E-state index contributed by atoms with van der Waals surface area (Å²) in [6.07, 6.45) is 1.56. The summed E-state index contributed by atoms with van der Waals surface area (Å²) in [7, 11) is 4.03. The first-order valence-electron chi connectivity index (χ1n) is 9.90. The summed E-state index contributed by atoms with van der Waals surface area (Å²) < 4.78 is 0. The minimum absolute atomic E-state index is 0.0220. The third kappa shape index (κ3) is 4.71. The number of hydrogen-bond donors (Lipinski definition) is 0. The van der Waals surface area contributed by atoms with Gasteiger partial charge in [0.2, 0.25) is 5.91 Å². The van der Waals surface area contributed by atoms with Crippen LogP contribution in [0.25, 0.3) is 0 Å². The van der Waals surface area contributed by atoms with Crippen LogP contribution in [0.15, 0.2) is 48.5 Å². The van der Waals surface area contributed by atoms with E-state index in [4.69, 9.17) is 0 Å². The summed E-state index contributed by atoms with van der Waals surface area (Å²) in [5.74, 6) is 0.224. The van der Waals surface area contributed by atoms with Crippen LogP contribution in [0.3, 0.4) is 0 Å². The summed E-state index contributed by atoms with van der Waals surface area (Å²) in [5, 5.41) is 0. The maximum Gasteiger partial charge on any atom is 0.254 e. The summed E-state index contributed by atoms with van der Waals surface area (Å²) in [4.78, 5) is 30.7. The van der Waals surface area contributed by atoms with Crippen LogP contribution in [0.1, 0.15) is 41.3 Å². The number of benzene rings is 2. The van der Waals surface area contributed by atoms with E-state index in [-0.39, 0.29) is 11.8 Å². The van der Waals surface area contributed by atoms with Crippen LogP contribution < -0.4 is 4.90 Å². The lowest BCUT2D eigenvalue weighted by Crippen LogP contribution is -2.30. The summed E-state index contributed by atoms with van der Waals surface area (Å²) in [5.41, 5.74) is 3.94. The van der Waals surface area contributed by atoms with Crippen molar-refractivity contribution in [3.8, 4) is 0 Å². The molecule has 2 amide bonds. The number of carbonyl (C=O) groups excluding carboxylic acids is 2. The van der Waals surface area contributed by atoms with Gasteiger partial charge >= 0.3 is 0 Å². The van der Waals surface area contributed by atoms with Crippen LogP contribution in [-0.2, 0) is 17.9 Å². The Morgan fingerprint density at radius 2 is 1.82 bits per heavy atom. The lowest BCUT2D eigenvalue weighted by Gasteiger charge is -2.22. The Labute approximate surface area is 167 Å². The van der Waals surface area contributed by atoms with Gasteiger partial charge in [0.15, 0.2) is 0 Å². The largest absolute Gasteiger partial charge is 0.378 e. The second-order valence-corrected chi connectivity index (χ2v) is 7.50. The zero-order valence-electron chi connectivity index (χ0n) is 17.0. The summed E-state index contributed by atoms with van der Waals surface area (Å²) in [6, 6.07) is 16.0. The van der Waals surface area contributed by atoms with E-state index in [2.05, 4.69) is 29.2 Å². The van der Waals surface area contributed by atoms with Crippen molar-refractivity contribution in [1.82, 2.24) is 9.80 Å². The monoisotopic (exact) mass is 379 g/mol. The first kappa shape index (κ1) is 19.9. The van der Waals surface area contributed by atoms with Gasteiger partial charge in [-0.3, -0.25) is 9.59 Å². The molecule has 1 aliphatic heterocycles. The number of nitrogens with zero attached hydrogens (tertiary/aromatic N) is 3. The quantitative estimate of drug-likeness (QED) is 0.739. The van der Waals surface area contributed by atoms with Crippen molar-refractivity contribution in [2.45, 2.75) is 32.9 Å². The zero-order valence-corrected chi connectivity index (χ0v) is 17.0. The van der Waals surface area contributed by atoms with Crippen molar-refractivity contribution in [2.24, 2.45) is 0 Å². The van der Waals surface area contributed by atoms with Crippen molar-refractivity contribution in [1.29, 1.82) is 0 Å². The topological polar surface area (TPSA) is 43.9 Å². The van der Waals surface area contributed by atoms with Crippen LogP contribution in [-0.4, -0.2) is 48.8 Å². The lowest BCUT2D eigenvalue weighted by atomic mass is 10.1. The Bertz CT molecular complexity index is 830. The van der Waals surface area contributed by atoms with Crippen LogP contribution >= 0.6 is 0 Å². The highest BCUT2D eigenvalue weighted by molar-refractivity contribution is 5.94. The maximum atomic E-state index is 13.0. The van der Waals surface area contributed by atoms with Gasteiger partial charge in [0.25, 0.3) is 5.91 Å². The normalized spacial score (nSPS) is 13.7. The van der Waals surface area contributed by atoms with E-state index < -0.39 is 0 Å². The molecule has 0 atom stereocenters. The number of amides is 2. The third-order valence-electron chi connectivity index (χ3n) is 5.21. The number of carbonyl (C=O) groups is 2. The first-order valence-corrected chi connectivity index (χ1v) is 9.90. The smallest absolute Gasteiger partial charge is 0.254 e. The minimum Gasteiger partial charge on any atom is -0.378 e. The van der Waals surface area contributed by atoms with Gasteiger partial charge in [-0.15, -0.1) is 0 Å². The molecule has 0 aliphatic carbocycles. The van der Waals surface area contributed by atoms with E-state index in [9.17, 15) is 9.59 Å². The van der Waals surface area contributed by atoms with Crippen LogP contribution in [0.5, 0.6) is 0 Å². The zero-order chi connectivity index (χ0) is 20.1. The highest BCUT2D eigenvalue weighted by Gasteiger charge is 2.21. The Morgan fingerprint density at radius 3 is 2.43 bits per heavy atom. The van der Waals surface area contributed by atoms with Gasteiger partial charge in [-0.05, 0) is 48.7 Å². The molecule has 2 aromatic rings. The molecule has 28 heavy (non-hydrogen) atoms. The average molecular weight is 380 g/mol. The molecule has 1 saturated heterocycles. The van der Waals surface area contributed by atoms with E-state index in [0.29, 0.717) is 31.6 Å². The molecule has 1 fully saturated rings. The molecule has 1 heterocycles. The van der Waals surface area contributed by atoms with Gasteiger partial charge in [-0.1, -0.05) is 24.3 Å². The van der Waals surface area contributed by atoms with Crippen molar-refractivity contribution >= 4 is 17.5 Å². The molecule has 1 aliphatic rings. The SMILES string of the molecule is CCN(Cc1ccc(N(C)C)cc1)C(=O)c1cccc(CN2CCCC2=O)c1. The highest BCUT2D eigenvalue weighted by atomic mass is 16.2. The summed E-state index contributed by atoms with van der Waals surface area (Å²) >= 11 is 0. The summed E-state index contributed by atoms with van der Waals surface area (Å²) in [6.45, 7) is 4.61. The standard InChI is InChI=1S/C23H29N3O2/c1-4-25(16-18-10-12-21(13-11-18)24(2)3)23(28)20-8-5-7-19(15-20)17-26-14-6-9-22(26)27/h5,7-8,10-13,15H,4,6,9,14,16-17H2,1-3H3. The molecule has 5 nitrogen and oxygen atoms in total. The molecule has 2 aromatic carbocycles. The fourth-order valence-electron chi connectivity index (χ4n) is 3.52. The molecule has 0 unspecified atom stereocenters. The van der Waals surface area contributed by atoms with E-state index in [1.807, 2.05) is 55.1 Å². The average Bonchev–Trinajstić information content (AvgIpc) is 3.10. The van der Waals surface area contributed by atoms with Crippen molar-refractivity contribution in [3.63, 3.8) is 0 Å². The molecular weight excluding hydrogens is 350 g/mol. The number of likely N-dealkylation sites (tertiary alicyclic amines) is 1.